The van der Waals surface area contributed by atoms with Crippen molar-refractivity contribution in [1.29, 1.82) is 0 Å². The normalized spacial score (nSPS) is 25.2. The number of ether oxygens (including phenoxy) is 2. The van der Waals surface area contributed by atoms with E-state index in [1.54, 1.807) is 0 Å². The van der Waals surface area contributed by atoms with Crippen molar-refractivity contribution >= 4 is 27.7 Å². The molecule has 8 nitrogen and oxygen atoms in total. The van der Waals surface area contributed by atoms with Crippen LogP contribution in [0, 0.1) is 24.4 Å². The van der Waals surface area contributed by atoms with E-state index in [-0.39, 0.29) is 35.1 Å². The van der Waals surface area contributed by atoms with Gasteiger partial charge in [0.2, 0.25) is 0 Å². The van der Waals surface area contributed by atoms with Crippen LogP contribution in [0.15, 0.2) is 46.0 Å². The number of fused-ring (bicyclic) bond motifs is 1. The van der Waals surface area contributed by atoms with E-state index in [1.807, 2.05) is 0 Å². The van der Waals surface area contributed by atoms with Crippen molar-refractivity contribution < 1.29 is 40.9 Å². The van der Waals surface area contributed by atoms with Gasteiger partial charge in [-0.3, -0.25) is 4.99 Å². The molecule has 2 aliphatic rings. The zero-order valence-electron chi connectivity index (χ0n) is 20.4. The number of benzene rings is 2. The third-order valence-electron chi connectivity index (χ3n) is 6.51. The Morgan fingerprint density at radius 3 is 2.50 bits per heavy atom. The van der Waals surface area contributed by atoms with Crippen LogP contribution in [0.3, 0.4) is 0 Å². The van der Waals surface area contributed by atoms with Crippen molar-refractivity contribution in [2.45, 2.75) is 43.6 Å². The molecule has 5 rings (SSSR count). The van der Waals surface area contributed by atoms with Crippen molar-refractivity contribution in [3.63, 3.8) is 0 Å². The van der Waals surface area contributed by atoms with E-state index < -0.39 is 59.6 Å². The van der Waals surface area contributed by atoms with Gasteiger partial charge in [-0.05, 0) is 42.8 Å². The van der Waals surface area contributed by atoms with Gasteiger partial charge >= 0.3 is 6.18 Å². The maximum Gasteiger partial charge on any atom is 0.418 e. The lowest BCUT2D eigenvalue weighted by atomic mass is 9.89. The van der Waals surface area contributed by atoms with Crippen molar-refractivity contribution in [1.82, 2.24) is 14.8 Å². The lowest BCUT2D eigenvalue weighted by Gasteiger charge is -2.48. The minimum atomic E-state index is -4.72. The van der Waals surface area contributed by atoms with Gasteiger partial charge in [0, 0.05) is 22.5 Å². The molecule has 0 bridgehead atoms. The second kappa shape index (κ2) is 10.6. The number of aryl methyl sites for hydroxylation is 1. The lowest BCUT2D eigenvalue weighted by molar-refractivity contribution is -0.273. The number of hydrogen-bond donors (Lipinski definition) is 2. The van der Waals surface area contributed by atoms with E-state index in [9.17, 15) is 31.4 Å². The van der Waals surface area contributed by atoms with E-state index in [0.29, 0.717) is 4.47 Å². The number of aliphatic hydroxyl groups excluding tert-OH is 1. The summed E-state index contributed by atoms with van der Waals surface area (Å²) in [5.74, 6) is -4.49. The first-order valence-electron chi connectivity index (χ1n) is 11.7. The average Bonchev–Trinajstić information content (AvgIpc) is 3.25. The number of nitrogens with zero attached hydrogens (tertiary/aromatic N) is 4. The molecular formula is C25H20BrF6N5O3. The fourth-order valence-corrected chi connectivity index (χ4v) is 4.91. The Morgan fingerprint density at radius 2 is 1.90 bits per heavy atom. The zero-order valence-corrected chi connectivity index (χ0v) is 22.0. The van der Waals surface area contributed by atoms with Crippen molar-refractivity contribution in [3.8, 4) is 5.69 Å². The number of aliphatic imine (C=N–C) groups is 1. The third-order valence-corrected chi connectivity index (χ3v) is 7.00. The first-order chi connectivity index (χ1) is 18.9. The van der Waals surface area contributed by atoms with Gasteiger partial charge in [0.05, 0.1) is 17.9 Å². The first-order valence-corrected chi connectivity index (χ1v) is 12.5. The van der Waals surface area contributed by atoms with Gasteiger partial charge in [-0.25, -0.2) is 22.8 Å². The van der Waals surface area contributed by atoms with Gasteiger partial charge in [-0.15, -0.1) is 0 Å². The number of alkyl halides is 3. The second-order valence-corrected chi connectivity index (χ2v) is 10.0. The molecule has 5 atom stereocenters. The van der Waals surface area contributed by atoms with Gasteiger partial charge in [-0.2, -0.15) is 18.3 Å². The number of allylic oxidation sites excluding steroid dienone is 1. The molecule has 40 heavy (non-hydrogen) atoms. The zero-order chi connectivity index (χ0) is 28.9. The molecule has 0 radical (unpaired) electrons. The standard InChI is InChI=1S/C25H20BrF6N5O3/c1-10-35-24(37(36-10)17-6-13(26)2-3-14(17)25(30,31)32)23-21(38)20(22-18(40-23)9-39-22)34-8-12(7-33)11-4-15(27)19(29)16(28)5-11/h2-8,18,20-23,38H,9,33H2,1H3/b12-7+,34-8?. The second-order valence-electron chi connectivity index (χ2n) is 9.12. The summed E-state index contributed by atoms with van der Waals surface area (Å²) in [5.41, 5.74) is 4.18. The molecular weight excluding hydrogens is 612 g/mol. The molecule has 2 aliphatic heterocycles. The van der Waals surface area contributed by atoms with Crippen LogP contribution in [0.1, 0.15) is 28.9 Å². The SMILES string of the molecule is Cc1nc(C2OC3COC3C(N=C/C(=C\N)c3cc(F)c(F)c(F)c3)C2O)n(-c2cc(Br)ccc2C(F)(F)F)n1. The summed E-state index contributed by atoms with van der Waals surface area (Å²) in [6.45, 7) is 1.59. The highest BCUT2D eigenvalue weighted by Crippen LogP contribution is 2.41. The number of hydrogen-bond acceptors (Lipinski definition) is 7. The number of nitrogens with two attached hydrogens (primary N) is 1. The minimum Gasteiger partial charge on any atom is -0.404 e. The van der Waals surface area contributed by atoms with Crippen LogP contribution in [0.25, 0.3) is 11.3 Å². The molecule has 1 aromatic heterocycles. The summed E-state index contributed by atoms with van der Waals surface area (Å²) in [6, 6.07) is 3.78. The van der Waals surface area contributed by atoms with Crippen LogP contribution < -0.4 is 5.73 Å². The number of aromatic nitrogens is 3. The Morgan fingerprint density at radius 1 is 1.20 bits per heavy atom. The first kappa shape index (κ1) is 28.3. The van der Waals surface area contributed by atoms with E-state index in [4.69, 9.17) is 15.2 Å². The number of rotatable bonds is 5. The van der Waals surface area contributed by atoms with Crippen LogP contribution >= 0.6 is 15.9 Å². The van der Waals surface area contributed by atoms with Crippen LogP contribution in [-0.2, 0) is 15.7 Å². The smallest absolute Gasteiger partial charge is 0.404 e. The van der Waals surface area contributed by atoms with Gasteiger partial charge in [0.1, 0.15) is 36.3 Å². The summed E-state index contributed by atoms with van der Waals surface area (Å²) in [5, 5.41) is 15.4. The molecule has 2 fully saturated rings. The fraction of sp³-hybridized carbons (Fsp3) is 0.320. The molecule has 3 aromatic rings. The molecule has 3 N–H and O–H groups in total. The molecule has 0 aliphatic carbocycles. The molecule has 2 aromatic carbocycles. The molecule has 3 heterocycles. The maximum atomic E-state index is 13.9. The molecule has 5 unspecified atom stereocenters. The minimum absolute atomic E-state index is 0.00637. The molecule has 0 spiro atoms. The maximum absolute atomic E-state index is 13.9. The van der Waals surface area contributed by atoms with Crippen molar-refractivity contribution in [3.05, 3.63) is 81.2 Å². The summed E-state index contributed by atoms with van der Waals surface area (Å²) >= 11 is 3.18. The van der Waals surface area contributed by atoms with Crippen LogP contribution in [-0.4, -0.2) is 57.0 Å². The Kier molecular flexibility index (Phi) is 7.50. The highest BCUT2D eigenvalue weighted by Gasteiger charge is 2.53. The fourth-order valence-electron chi connectivity index (χ4n) is 4.56. The topological polar surface area (TPSA) is 108 Å². The van der Waals surface area contributed by atoms with Crippen LogP contribution in [0.4, 0.5) is 26.3 Å². The Hall–Kier alpha value is -3.27. The molecule has 2 saturated heterocycles. The van der Waals surface area contributed by atoms with E-state index in [2.05, 4.69) is 31.0 Å². The quantitative estimate of drug-likeness (QED) is 0.245. The number of halogens is 7. The predicted octanol–water partition coefficient (Wildman–Crippen LogP) is 4.41. The highest BCUT2D eigenvalue weighted by molar-refractivity contribution is 9.10. The molecule has 212 valence electrons. The Labute approximate surface area is 231 Å². The van der Waals surface area contributed by atoms with E-state index in [1.165, 1.54) is 19.1 Å². The van der Waals surface area contributed by atoms with Crippen molar-refractivity contribution in [2.24, 2.45) is 10.7 Å². The van der Waals surface area contributed by atoms with Gasteiger partial charge in [0.15, 0.2) is 23.3 Å². The largest absolute Gasteiger partial charge is 0.418 e. The monoisotopic (exact) mass is 631 g/mol. The summed E-state index contributed by atoms with van der Waals surface area (Å²) in [4.78, 5) is 8.58. The van der Waals surface area contributed by atoms with Crippen molar-refractivity contribution in [2.75, 3.05) is 6.61 Å². The average molecular weight is 632 g/mol. The third kappa shape index (κ3) is 5.13. The summed E-state index contributed by atoms with van der Waals surface area (Å²) in [7, 11) is 0. The van der Waals surface area contributed by atoms with Crippen LogP contribution in [0.2, 0.25) is 0 Å². The van der Waals surface area contributed by atoms with Crippen LogP contribution in [0.5, 0.6) is 0 Å². The lowest BCUT2D eigenvalue weighted by Crippen LogP contribution is -2.62. The summed E-state index contributed by atoms with van der Waals surface area (Å²) < 4.78 is 95.3. The van der Waals surface area contributed by atoms with Gasteiger partial charge in [0.25, 0.3) is 0 Å². The Balaban J connectivity index is 1.51. The molecule has 15 heteroatoms. The highest BCUT2D eigenvalue weighted by atomic mass is 79.9. The predicted molar refractivity (Wildman–Crippen MR) is 133 cm³/mol. The molecule has 0 amide bonds. The Bertz CT molecular complexity index is 1490. The number of aliphatic hydroxyl groups is 1. The summed E-state index contributed by atoms with van der Waals surface area (Å²) in [6.07, 6.45) is -6.71. The van der Waals surface area contributed by atoms with Gasteiger partial charge in [-0.1, -0.05) is 15.9 Å². The van der Waals surface area contributed by atoms with E-state index in [0.717, 1.165) is 35.3 Å². The van der Waals surface area contributed by atoms with Gasteiger partial charge < -0.3 is 20.3 Å². The molecule has 0 saturated carbocycles. The van der Waals surface area contributed by atoms with E-state index >= 15 is 0 Å².